The molecule has 3 aromatic rings. The maximum atomic E-state index is 10.4. The Kier molecular flexibility index (Phi) is 4.01. The number of fused-ring (bicyclic) bond motifs is 1. The number of hydrogen-bond acceptors (Lipinski definition) is 4. The number of halogens is 1. The molecule has 3 rings (SSSR count). The summed E-state index contributed by atoms with van der Waals surface area (Å²) in [6.07, 6.45) is 0. The summed E-state index contributed by atoms with van der Waals surface area (Å²) in [7, 11) is 1.61. The predicted molar refractivity (Wildman–Crippen MR) is 91.0 cm³/mol. The molecule has 118 valence electrons. The van der Waals surface area contributed by atoms with Gasteiger partial charge in [-0.2, -0.15) is 0 Å². The van der Waals surface area contributed by atoms with Gasteiger partial charge in [0, 0.05) is 11.3 Å². The van der Waals surface area contributed by atoms with Gasteiger partial charge >= 0.3 is 0 Å². The van der Waals surface area contributed by atoms with Crippen molar-refractivity contribution in [2.24, 2.45) is 0 Å². The van der Waals surface area contributed by atoms with E-state index in [1.165, 1.54) is 0 Å². The second-order valence-corrected chi connectivity index (χ2v) is 5.60. The van der Waals surface area contributed by atoms with E-state index >= 15 is 0 Å². The molecule has 5 heteroatoms. The van der Waals surface area contributed by atoms with Gasteiger partial charge in [0.1, 0.15) is 23.0 Å². The zero-order valence-electron chi connectivity index (χ0n) is 13.1. The predicted octanol–water partition coefficient (Wildman–Crippen LogP) is 5.01. The number of aromatic hydroxyl groups is 1. The Labute approximate surface area is 139 Å². The third-order valence-corrected chi connectivity index (χ3v) is 4.17. The van der Waals surface area contributed by atoms with Gasteiger partial charge in [0.2, 0.25) is 0 Å². The molecule has 0 saturated heterocycles. The molecular weight excluding hydrogens is 314 g/mol. The quantitative estimate of drug-likeness (QED) is 0.733. The topological polar surface area (TPSA) is 51.6 Å². The number of benzene rings is 2. The van der Waals surface area contributed by atoms with Crippen molar-refractivity contribution < 1.29 is 14.6 Å². The SMILES string of the molecule is COc1ccc(Oc2ccc3nc(C)c(C)c(O)c3c2Cl)cc1. The van der Waals surface area contributed by atoms with E-state index in [1.54, 1.807) is 43.5 Å². The zero-order valence-corrected chi connectivity index (χ0v) is 13.8. The van der Waals surface area contributed by atoms with Crippen molar-refractivity contribution in [1.82, 2.24) is 4.98 Å². The van der Waals surface area contributed by atoms with Crippen molar-refractivity contribution in [3.63, 3.8) is 0 Å². The number of hydrogen-bond donors (Lipinski definition) is 1. The van der Waals surface area contributed by atoms with Crippen molar-refractivity contribution in [2.75, 3.05) is 7.11 Å². The van der Waals surface area contributed by atoms with Crippen LogP contribution >= 0.6 is 11.6 Å². The molecule has 0 radical (unpaired) electrons. The van der Waals surface area contributed by atoms with Crippen LogP contribution in [0.25, 0.3) is 10.9 Å². The Balaban J connectivity index is 2.06. The van der Waals surface area contributed by atoms with E-state index in [9.17, 15) is 5.11 Å². The van der Waals surface area contributed by atoms with Gasteiger partial charge in [0.05, 0.1) is 23.0 Å². The first kappa shape index (κ1) is 15.4. The monoisotopic (exact) mass is 329 g/mol. The van der Waals surface area contributed by atoms with Crippen LogP contribution in [0.3, 0.4) is 0 Å². The summed E-state index contributed by atoms with van der Waals surface area (Å²) in [5.41, 5.74) is 2.12. The van der Waals surface area contributed by atoms with E-state index in [2.05, 4.69) is 4.98 Å². The Bertz CT molecular complexity index is 876. The van der Waals surface area contributed by atoms with Crippen LogP contribution in [-0.4, -0.2) is 17.2 Å². The maximum absolute atomic E-state index is 10.4. The Morgan fingerprint density at radius 1 is 1.00 bits per heavy atom. The van der Waals surface area contributed by atoms with Crippen LogP contribution in [0.1, 0.15) is 11.3 Å². The summed E-state index contributed by atoms with van der Waals surface area (Å²) in [5.74, 6) is 1.97. The molecule has 0 aliphatic rings. The first-order valence-corrected chi connectivity index (χ1v) is 7.49. The molecule has 0 spiro atoms. The minimum Gasteiger partial charge on any atom is -0.507 e. The van der Waals surface area contributed by atoms with E-state index < -0.39 is 0 Å². The third kappa shape index (κ3) is 2.78. The molecule has 0 fully saturated rings. The van der Waals surface area contributed by atoms with E-state index in [1.807, 2.05) is 13.8 Å². The van der Waals surface area contributed by atoms with E-state index in [0.29, 0.717) is 33.0 Å². The van der Waals surface area contributed by atoms with Crippen LogP contribution in [0.2, 0.25) is 5.02 Å². The van der Waals surface area contributed by atoms with Crippen molar-refractivity contribution in [2.45, 2.75) is 13.8 Å². The van der Waals surface area contributed by atoms with Crippen LogP contribution in [0.15, 0.2) is 36.4 Å². The summed E-state index contributed by atoms with van der Waals surface area (Å²) >= 11 is 6.43. The van der Waals surface area contributed by atoms with E-state index in [4.69, 9.17) is 21.1 Å². The molecule has 0 saturated carbocycles. The average Bonchev–Trinajstić information content (AvgIpc) is 2.56. The summed E-state index contributed by atoms with van der Waals surface area (Å²) in [5, 5.41) is 11.2. The van der Waals surface area contributed by atoms with Crippen LogP contribution in [0.4, 0.5) is 0 Å². The minimum absolute atomic E-state index is 0.137. The standard InChI is InChI=1S/C18H16ClNO3/c1-10-11(2)20-14-8-9-15(17(19)16(14)18(10)21)23-13-6-4-12(22-3)5-7-13/h4-9H,1-3H3,(H,20,21). The smallest absolute Gasteiger partial charge is 0.146 e. The van der Waals surface area contributed by atoms with E-state index in [-0.39, 0.29) is 5.75 Å². The minimum atomic E-state index is 0.137. The molecule has 0 bridgehead atoms. The van der Waals surface area contributed by atoms with Crippen LogP contribution in [0, 0.1) is 13.8 Å². The van der Waals surface area contributed by atoms with Gasteiger partial charge in [0.25, 0.3) is 0 Å². The largest absolute Gasteiger partial charge is 0.507 e. The van der Waals surface area contributed by atoms with Crippen molar-refractivity contribution >= 4 is 22.5 Å². The highest BCUT2D eigenvalue weighted by Crippen LogP contribution is 2.41. The normalized spacial score (nSPS) is 10.8. The number of pyridine rings is 1. The highest BCUT2D eigenvalue weighted by molar-refractivity contribution is 6.37. The second kappa shape index (κ2) is 5.97. The molecule has 1 N–H and O–H groups in total. The van der Waals surface area contributed by atoms with Gasteiger partial charge in [-0.05, 0) is 50.2 Å². The molecule has 1 aromatic heterocycles. The number of aromatic nitrogens is 1. The van der Waals surface area contributed by atoms with Gasteiger partial charge in [-0.25, -0.2) is 0 Å². The van der Waals surface area contributed by atoms with Crippen LogP contribution in [-0.2, 0) is 0 Å². The van der Waals surface area contributed by atoms with Crippen molar-refractivity contribution in [3.05, 3.63) is 52.7 Å². The molecule has 23 heavy (non-hydrogen) atoms. The summed E-state index contributed by atoms with van der Waals surface area (Å²) in [6.45, 7) is 3.66. The van der Waals surface area contributed by atoms with Crippen molar-refractivity contribution in [1.29, 1.82) is 0 Å². The molecule has 0 aliphatic carbocycles. The molecule has 2 aromatic carbocycles. The second-order valence-electron chi connectivity index (χ2n) is 5.22. The number of methoxy groups -OCH3 is 1. The molecule has 0 amide bonds. The average molecular weight is 330 g/mol. The summed E-state index contributed by atoms with van der Waals surface area (Å²) in [6, 6.07) is 10.7. The lowest BCUT2D eigenvalue weighted by Gasteiger charge is -2.13. The fraction of sp³-hybridized carbons (Fsp3) is 0.167. The van der Waals surface area contributed by atoms with Gasteiger partial charge in [0.15, 0.2) is 0 Å². The number of nitrogens with zero attached hydrogens (tertiary/aromatic N) is 1. The van der Waals surface area contributed by atoms with Gasteiger partial charge < -0.3 is 14.6 Å². The lowest BCUT2D eigenvalue weighted by atomic mass is 10.1. The molecule has 0 aliphatic heterocycles. The lowest BCUT2D eigenvalue weighted by Crippen LogP contribution is -1.93. The first-order chi connectivity index (χ1) is 11.0. The summed E-state index contributed by atoms with van der Waals surface area (Å²) < 4.78 is 10.9. The number of ether oxygens (including phenoxy) is 2. The molecule has 4 nitrogen and oxygen atoms in total. The third-order valence-electron chi connectivity index (χ3n) is 3.79. The van der Waals surface area contributed by atoms with Gasteiger partial charge in [-0.15, -0.1) is 0 Å². The van der Waals surface area contributed by atoms with Crippen molar-refractivity contribution in [3.8, 4) is 23.0 Å². The zero-order chi connectivity index (χ0) is 16.6. The Morgan fingerprint density at radius 3 is 2.30 bits per heavy atom. The number of aryl methyl sites for hydroxylation is 1. The summed E-state index contributed by atoms with van der Waals surface area (Å²) in [4.78, 5) is 4.45. The van der Waals surface area contributed by atoms with Gasteiger partial charge in [-0.1, -0.05) is 11.6 Å². The van der Waals surface area contributed by atoms with E-state index in [0.717, 1.165) is 11.4 Å². The lowest BCUT2D eigenvalue weighted by molar-refractivity contribution is 0.413. The molecule has 0 atom stereocenters. The van der Waals surface area contributed by atoms with Gasteiger partial charge in [-0.3, -0.25) is 4.98 Å². The highest BCUT2D eigenvalue weighted by Gasteiger charge is 2.15. The molecule has 1 heterocycles. The first-order valence-electron chi connectivity index (χ1n) is 7.11. The molecule has 0 unspecified atom stereocenters. The highest BCUT2D eigenvalue weighted by atomic mass is 35.5. The maximum Gasteiger partial charge on any atom is 0.146 e. The van der Waals surface area contributed by atoms with Crippen LogP contribution < -0.4 is 9.47 Å². The fourth-order valence-corrected chi connectivity index (χ4v) is 2.63. The molecular formula is C18H16ClNO3. The number of rotatable bonds is 3. The Hall–Kier alpha value is -2.46. The fourth-order valence-electron chi connectivity index (χ4n) is 2.34. The van der Waals surface area contributed by atoms with Crippen LogP contribution in [0.5, 0.6) is 23.0 Å². The Morgan fingerprint density at radius 2 is 1.65 bits per heavy atom.